The van der Waals surface area contributed by atoms with Crippen LogP contribution in [0.3, 0.4) is 0 Å². The first kappa shape index (κ1) is 15.8. The Morgan fingerprint density at radius 1 is 1.33 bits per heavy atom. The van der Waals surface area contributed by atoms with Gasteiger partial charge in [0, 0.05) is 39.9 Å². The second-order valence-corrected chi connectivity index (χ2v) is 5.07. The van der Waals surface area contributed by atoms with E-state index in [0.717, 1.165) is 18.9 Å². The van der Waals surface area contributed by atoms with E-state index in [9.17, 15) is 13.2 Å². The highest BCUT2D eigenvalue weighted by Crippen LogP contribution is 2.31. The summed E-state index contributed by atoms with van der Waals surface area (Å²) in [5.74, 6) is 0.760. The van der Waals surface area contributed by atoms with Crippen molar-refractivity contribution < 1.29 is 17.9 Å². The van der Waals surface area contributed by atoms with E-state index in [-0.39, 0.29) is 5.95 Å². The second-order valence-electron chi connectivity index (χ2n) is 5.07. The maximum absolute atomic E-state index is 12.9. The van der Waals surface area contributed by atoms with Crippen molar-refractivity contribution >= 4 is 11.8 Å². The van der Waals surface area contributed by atoms with Gasteiger partial charge in [0.25, 0.3) is 0 Å². The van der Waals surface area contributed by atoms with Gasteiger partial charge in [0.05, 0.1) is 0 Å². The Kier molecular flexibility index (Phi) is 4.87. The fraction of sp³-hybridized carbons (Fsp3) is 0.692. The quantitative estimate of drug-likeness (QED) is 0.925. The third-order valence-corrected chi connectivity index (χ3v) is 3.57. The molecular formula is C13H19F3N4O. The molecular weight excluding hydrogens is 285 g/mol. The van der Waals surface area contributed by atoms with E-state index >= 15 is 0 Å². The van der Waals surface area contributed by atoms with Gasteiger partial charge in [-0.15, -0.1) is 0 Å². The van der Waals surface area contributed by atoms with Crippen LogP contribution in [-0.2, 0) is 10.9 Å². The standard InChI is InChI=1S/C13H19F3N4O/c1-17-12-18-10(13(14,15)16)7-11(19-12)20-5-3-9(4-6-20)8-21-2/h7,9H,3-6,8H2,1-2H3,(H,17,18,19). The number of methoxy groups -OCH3 is 1. The van der Waals surface area contributed by atoms with Crippen LogP contribution in [0.4, 0.5) is 24.9 Å². The number of halogens is 3. The molecule has 5 nitrogen and oxygen atoms in total. The van der Waals surface area contributed by atoms with Gasteiger partial charge in [0.1, 0.15) is 5.82 Å². The van der Waals surface area contributed by atoms with E-state index in [1.165, 1.54) is 7.05 Å². The van der Waals surface area contributed by atoms with Crippen molar-refractivity contribution in [1.29, 1.82) is 0 Å². The average molecular weight is 304 g/mol. The van der Waals surface area contributed by atoms with Crippen molar-refractivity contribution in [1.82, 2.24) is 9.97 Å². The van der Waals surface area contributed by atoms with Crippen LogP contribution in [0.25, 0.3) is 0 Å². The number of hydrogen-bond acceptors (Lipinski definition) is 5. The highest BCUT2D eigenvalue weighted by molar-refractivity contribution is 5.45. The molecule has 0 saturated carbocycles. The minimum absolute atomic E-state index is 0.0150. The summed E-state index contributed by atoms with van der Waals surface area (Å²) in [7, 11) is 3.16. The average Bonchev–Trinajstić information content (AvgIpc) is 2.47. The monoisotopic (exact) mass is 304 g/mol. The van der Waals surface area contributed by atoms with Crippen molar-refractivity contribution in [3.63, 3.8) is 0 Å². The molecule has 2 heterocycles. The highest BCUT2D eigenvalue weighted by atomic mass is 19.4. The summed E-state index contributed by atoms with van der Waals surface area (Å²) in [5, 5.41) is 2.58. The second kappa shape index (κ2) is 6.46. The van der Waals surface area contributed by atoms with Gasteiger partial charge in [0.15, 0.2) is 5.69 Å². The van der Waals surface area contributed by atoms with E-state index in [1.54, 1.807) is 7.11 Å². The van der Waals surface area contributed by atoms with Crippen molar-refractivity contribution in [3.05, 3.63) is 11.8 Å². The van der Waals surface area contributed by atoms with Crippen molar-refractivity contribution in [3.8, 4) is 0 Å². The third kappa shape index (κ3) is 3.96. The number of aromatic nitrogens is 2. The van der Waals surface area contributed by atoms with Crippen LogP contribution in [-0.4, -0.2) is 43.8 Å². The lowest BCUT2D eigenvalue weighted by Crippen LogP contribution is -2.36. The summed E-state index contributed by atoms with van der Waals surface area (Å²) >= 11 is 0. The fourth-order valence-corrected chi connectivity index (χ4v) is 2.42. The van der Waals surface area contributed by atoms with Gasteiger partial charge >= 0.3 is 6.18 Å². The molecule has 2 rings (SSSR count). The maximum Gasteiger partial charge on any atom is 0.433 e. The molecule has 1 aliphatic heterocycles. The molecule has 0 unspecified atom stereocenters. The van der Waals surface area contributed by atoms with E-state index in [2.05, 4.69) is 15.3 Å². The van der Waals surface area contributed by atoms with Gasteiger partial charge in [-0.2, -0.15) is 18.2 Å². The Balaban J connectivity index is 2.16. The van der Waals surface area contributed by atoms with Gasteiger partial charge in [-0.3, -0.25) is 0 Å². The Labute approximate surface area is 121 Å². The first-order chi connectivity index (χ1) is 9.94. The number of nitrogens with one attached hydrogen (secondary N) is 1. The lowest BCUT2D eigenvalue weighted by molar-refractivity contribution is -0.141. The predicted molar refractivity (Wildman–Crippen MR) is 73.4 cm³/mol. The molecule has 1 saturated heterocycles. The summed E-state index contributed by atoms with van der Waals surface area (Å²) in [6.45, 7) is 2.03. The molecule has 1 N–H and O–H groups in total. The molecule has 8 heteroatoms. The summed E-state index contributed by atoms with van der Waals surface area (Å²) in [4.78, 5) is 9.47. The third-order valence-electron chi connectivity index (χ3n) is 3.57. The van der Waals surface area contributed by atoms with Gasteiger partial charge in [0.2, 0.25) is 5.95 Å². The number of alkyl halides is 3. The number of anilines is 2. The van der Waals surface area contributed by atoms with E-state index in [4.69, 9.17) is 4.74 Å². The van der Waals surface area contributed by atoms with Crippen LogP contribution < -0.4 is 10.2 Å². The molecule has 1 aliphatic rings. The van der Waals surface area contributed by atoms with Crippen LogP contribution in [0.5, 0.6) is 0 Å². The summed E-state index contributed by atoms with van der Waals surface area (Å²) in [6, 6.07) is 1.01. The molecule has 0 aromatic carbocycles. The van der Waals surface area contributed by atoms with Crippen molar-refractivity contribution in [2.75, 3.05) is 44.1 Å². The maximum atomic E-state index is 12.9. The van der Waals surface area contributed by atoms with E-state index in [1.807, 2.05) is 4.90 Å². The lowest BCUT2D eigenvalue weighted by atomic mass is 9.98. The molecule has 0 aliphatic carbocycles. The Bertz CT molecular complexity index is 473. The largest absolute Gasteiger partial charge is 0.433 e. The van der Waals surface area contributed by atoms with Crippen molar-refractivity contribution in [2.24, 2.45) is 5.92 Å². The molecule has 0 amide bonds. The Morgan fingerprint density at radius 2 is 2.00 bits per heavy atom. The number of ether oxygens (including phenoxy) is 1. The van der Waals surface area contributed by atoms with Gasteiger partial charge in [-0.25, -0.2) is 4.98 Å². The predicted octanol–water partition coefficient (Wildman–Crippen LogP) is 2.40. The molecule has 0 atom stereocenters. The fourth-order valence-electron chi connectivity index (χ4n) is 2.42. The van der Waals surface area contributed by atoms with Crippen LogP contribution in [0, 0.1) is 5.92 Å². The topological polar surface area (TPSA) is 50.3 Å². The van der Waals surface area contributed by atoms with E-state index in [0.29, 0.717) is 31.4 Å². The SMILES string of the molecule is CNc1nc(N2CCC(COC)CC2)cc(C(F)(F)F)n1. The summed E-state index contributed by atoms with van der Waals surface area (Å²) in [6.07, 6.45) is -2.71. The Morgan fingerprint density at radius 3 is 2.52 bits per heavy atom. The zero-order chi connectivity index (χ0) is 15.5. The van der Waals surface area contributed by atoms with Crippen LogP contribution in [0.2, 0.25) is 0 Å². The molecule has 21 heavy (non-hydrogen) atoms. The summed E-state index contributed by atoms with van der Waals surface area (Å²) < 4.78 is 43.7. The molecule has 0 radical (unpaired) electrons. The number of nitrogens with zero attached hydrogens (tertiary/aromatic N) is 3. The summed E-state index contributed by atoms with van der Waals surface area (Å²) in [5.41, 5.74) is -0.920. The zero-order valence-corrected chi connectivity index (χ0v) is 12.1. The lowest BCUT2D eigenvalue weighted by Gasteiger charge is -2.32. The Hall–Kier alpha value is -1.57. The number of piperidine rings is 1. The van der Waals surface area contributed by atoms with Crippen LogP contribution in [0.1, 0.15) is 18.5 Å². The molecule has 1 fully saturated rings. The minimum Gasteiger partial charge on any atom is -0.384 e. The van der Waals surface area contributed by atoms with Gasteiger partial charge in [-0.1, -0.05) is 0 Å². The molecule has 1 aromatic heterocycles. The van der Waals surface area contributed by atoms with E-state index < -0.39 is 11.9 Å². The van der Waals surface area contributed by atoms with Crippen LogP contribution >= 0.6 is 0 Å². The number of rotatable bonds is 4. The van der Waals surface area contributed by atoms with Gasteiger partial charge in [-0.05, 0) is 18.8 Å². The first-order valence-electron chi connectivity index (χ1n) is 6.82. The number of hydrogen-bond donors (Lipinski definition) is 1. The molecule has 0 bridgehead atoms. The minimum atomic E-state index is -4.47. The molecule has 1 aromatic rings. The highest BCUT2D eigenvalue weighted by Gasteiger charge is 2.34. The molecule has 118 valence electrons. The van der Waals surface area contributed by atoms with Crippen LogP contribution in [0.15, 0.2) is 6.07 Å². The normalized spacial score (nSPS) is 17.1. The van der Waals surface area contributed by atoms with Crippen molar-refractivity contribution in [2.45, 2.75) is 19.0 Å². The first-order valence-corrected chi connectivity index (χ1v) is 6.82. The molecule has 0 spiro atoms. The smallest absolute Gasteiger partial charge is 0.384 e. The van der Waals surface area contributed by atoms with Gasteiger partial charge < -0.3 is 15.0 Å². The zero-order valence-electron chi connectivity index (χ0n) is 12.1.